The molecule has 0 N–H and O–H groups in total. The zero-order chi connectivity index (χ0) is 41.8. The van der Waals surface area contributed by atoms with Crippen LogP contribution < -0.4 is 15.3 Å². The van der Waals surface area contributed by atoms with Crippen LogP contribution in [0.1, 0.15) is 83.1 Å². The van der Waals surface area contributed by atoms with Crippen molar-refractivity contribution in [2.24, 2.45) is 0 Å². The molecule has 5 heterocycles. The Labute approximate surface area is 345 Å². The average Bonchev–Trinajstić information content (AvgIpc) is 3.54. The lowest BCUT2D eigenvalue weighted by atomic mass is 9.49. The molecule has 5 aliphatic heterocycles. The standard InChI is InChI=1S/C16H24BNO4S.C12H24B2O4.C10H12BrNO2S/c1-15(2)16(3,4)22-17(21-15)13-6-5-7-14(12-13)18-8-10-23(19,20)11-9-18;1-9(2)10(3,4)16-13(15-9)14-17-11(5,6)12(7,8)18-14;11-9-2-1-3-10(8-9)12-4-6-15(13,14)7-5-12/h5-7,12H,8-11H2,1-4H3;1-8H3;1-3,8H,4-7H2. The van der Waals surface area contributed by atoms with Gasteiger partial charge in [0.15, 0.2) is 19.7 Å². The van der Waals surface area contributed by atoms with Gasteiger partial charge in [0, 0.05) is 42.0 Å². The van der Waals surface area contributed by atoms with E-state index in [4.69, 9.17) is 27.9 Å². The van der Waals surface area contributed by atoms with Gasteiger partial charge in [0.05, 0.1) is 56.6 Å². The second-order valence-corrected chi connectivity index (χ2v) is 23.7. The quantitative estimate of drug-likeness (QED) is 0.377. The summed E-state index contributed by atoms with van der Waals surface area (Å²) in [5, 5.41) is 0. The van der Waals surface area contributed by atoms with E-state index in [1.54, 1.807) is 0 Å². The van der Waals surface area contributed by atoms with Gasteiger partial charge in [-0.25, -0.2) is 16.8 Å². The van der Waals surface area contributed by atoms with Crippen LogP contribution in [0.3, 0.4) is 0 Å². The lowest BCUT2D eigenvalue weighted by Gasteiger charge is -2.32. The molecule has 0 bridgehead atoms. The molecule has 7 rings (SSSR count). The summed E-state index contributed by atoms with van der Waals surface area (Å²) in [6.07, 6.45) is 0. The van der Waals surface area contributed by atoms with Gasteiger partial charge in [-0.2, -0.15) is 0 Å². The van der Waals surface area contributed by atoms with E-state index < -0.39 is 40.8 Å². The van der Waals surface area contributed by atoms with Crippen LogP contribution in [-0.2, 0) is 47.6 Å². The van der Waals surface area contributed by atoms with Crippen molar-refractivity contribution in [3.8, 4) is 0 Å². The number of hydrogen-bond donors (Lipinski definition) is 0. The Bertz CT molecular complexity index is 1840. The van der Waals surface area contributed by atoms with E-state index in [0.29, 0.717) is 26.2 Å². The third-order valence-electron chi connectivity index (χ3n) is 12.4. The molecule has 12 nitrogen and oxygen atoms in total. The third-order valence-corrected chi connectivity index (χ3v) is 16.1. The first-order chi connectivity index (χ1) is 25.5. The fraction of sp³-hybridized carbons (Fsp3) is 0.684. The van der Waals surface area contributed by atoms with Crippen molar-refractivity contribution >= 4 is 73.6 Å². The number of benzene rings is 2. The largest absolute Gasteiger partial charge is 0.494 e. The Morgan fingerprint density at radius 1 is 0.500 bits per heavy atom. The lowest BCUT2D eigenvalue weighted by Crippen LogP contribution is -2.41. The van der Waals surface area contributed by atoms with Crippen molar-refractivity contribution in [3.63, 3.8) is 0 Å². The topological polar surface area (TPSA) is 130 Å². The van der Waals surface area contributed by atoms with Crippen molar-refractivity contribution < 1.29 is 44.8 Å². The van der Waals surface area contributed by atoms with Crippen LogP contribution in [0.25, 0.3) is 0 Å². The number of nitrogens with zero attached hydrogens (tertiary/aromatic N) is 2. The number of anilines is 2. The maximum absolute atomic E-state index is 11.6. The molecule has 5 aliphatic rings. The van der Waals surface area contributed by atoms with Crippen molar-refractivity contribution in [2.75, 3.05) is 59.0 Å². The number of halogens is 1. The van der Waals surface area contributed by atoms with Crippen molar-refractivity contribution in [3.05, 3.63) is 53.0 Å². The summed E-state index contributed by atoms with van der Waals surface area (Å²) in [7, 11) is -7.01. The maximum atomic E-state index is 11.6. The van der Waals surface area contributed by atoms with E-state index in [0.717, 1.165) is 21.3 Å². The minimum Gasteiger partial charge on any atom is -0.405 e. The summed E-state index contributed by atoms with van der Waals surface area (Å²) < 4.78 is 82.7. The minimum atomic E-state index is -2.87. The highest BCUT2D eigenvalue weighted by Crippen LogP contribution is 2.43. The van der Waals surface area contributed by atoms with Gasteiger partial charge in [0.25, 0.3) is 0 Å². The molecule has 0 spiro atoms. The van der Waals surface area contributed by atoms with Crippen molar-refractivity contribution in [2.45, 2.75) is 117 Å². The molecule has 56 heavy (non-hydrogen) atoms. The first-order valence-corrected chi connectivity index (χ1v) is 23.8. The molecule has 0 amide bonds. The van der Waals surface area contributed by atoms with E-state index in [-0.39, 0.29) is 56.6 Å². The molecule has 2 aromatic carbocycles. The van der Waals surface area contributed by atoms with Gasteiger partial charge >= 0.3 is 21.1 Å². The summed E-state index contributed by atoms with van der Waals surface area (Å²) in [6, 6.07) is 15.9. The van der Waals surface area contributed by atoms with Gasteiger partial charge in [0.2, 0.25) is 0 Å². The number of rotatable bonds is 4. The molecule has 5 saturated heterocycles. The highest BCUT2D eigenvalue weighted by molar-refractivity contribution is 9.10. The molecule has 2 aromatic rings. The van der Waals surface area contributed by atoms with E-state index in [1.807, 2.05) is 132 Å². The smallest absolute Gasteiger partial charge is 0.405 e. The first-order valence-electron chi connectivity index (χ1n) is 19.4. The summed E-state index contributed by atoms with van der Waals surface area (Å²) in [6.45, 7) is 26.6. The van der Waals surface area contributed by atoms with E-state index in [9.17, 15) is 16.8 Å². The molecular formula is C38H60B3BrN2O10S2. The Balaban J connectivity index is 0.000000165. The molecule has 0 aromatic heterocycles. The molecule has 0 aliphatic carbocycles. The second kappa shape index (κ2) is 16.1. The Morgan fingerprint density at radius 3 is 1.18 bits per heavy atom. The van der Waals surface area contributed by atoms with Gasteiger partial charge in [-0.05, 0) is 119 Å². The van der Waals surface area contributed by atoms with Crippen LogP contribution >= 0.6 is 15.9 Å². The second-order valence-electron chi connectivity index (χ2n) is 18.2. The highest BCUT2D eigenvalue weighted by atomic mass is 79.9. The van der Waals surface area contributed by atoms with Gasteiger partial charge in [0.1, 0.15) is 0 Å². The summed E-state index contributed by atoms with van der Waals surface area (Å²) in [5.74, 6) is 0.959. The van der Waals surface area contributed by atoms with Crippen LogP contribution in [0, 0.1) is 0 Å². The van der Waals surface area contributed by atoms with Crippen LogP contribution in [0.15, 0.2) is 53.0 Å². The molecule has 5 fully saturated rings. The van der Waals surface area contributed by atoms with Gasteiger partial charge in [-0.15, -0.1) is 0 Å². The molecule has 0 saturated carbocycles. The zero-order valence-corrected chi connectivity index (χ0v) is 38.4. The normalized spacial score (nSPS) is 26.2. The lowest BCUT2D eigenvalue weighted by molar-refractivity contribution is 0.00578. The number of sulfone groups is 2. The molecule has 0 unspecified atom stereocenters. The van der Waals surface area contributed by atoms with E-state index in [1.165, 1.54) is 0 Å². The third kappa shape index (κ3) is 10.4. The first kappa shape index (κ1) is 45.5. The fourth-order valence-corrected chi connectivity index (χ4v) is 9.25. The SMILES string of the molecule is CC1(C)OB(B2OC(C)(C)C(C)(C)O2)OC1(C)C.CC1(C)OB(c2cccc(N3CCS(=O)(=O)CC3)c2)OC1(C)C.O=S1(=O)CCN(c2cccc(Br)c2)CC1. The van der Waals surface area contributed by atoms with Gasteiger partial charge in [-0.1, -0.05) is 34.1 Å². The van der Waals surface area contributed by atoms with Gasteiger partial charge < -0.3 is 37.7 Å². The molecule has 310 valence electrons. The monoisotopic (exact) mass is 880 g/mol. The Kier molecular flexibility index (Phi) is 13.1. The Morgan fingerprint density at radius 2 is 0.821 bits per heavy atom. The fourth-order valence-electron chi connectivity index (χ4n) is 6.46. The van der Waals surface area contributed by atoms with E-state index >= 15 is 0 Å². The van der Waals surface area contributed by atoms with Crippen molar-refractivity contribution in [1.29, 1.82) is 0 Å². The summed E-state index contributed by atoms with van der Waals surface area (Å²) in [4.78, 5) is 4.21. The van der Waals surface area contributed by atoms with Crippen LogP contribution in [0.2, 0.25) is 0 Å². The summed E-state index contributed by atoms with van der Waals surface area (Å²) >= 11 is 3.41. The molecular weight excluding hydrogens is 821 g/mol. The predicted octanol–water partition coefficient (Wildman–Crippen LogP) is 5.15. The highest BCUT2D eigenvalue weighted by Gasteiger charge is 2.63. The Hall–Kier alpha value is -1.63. The minimum absolute atomic E-state index is 0.216. The van der Waals surface area contributed by atoms with Crippen LogP contribution in [-0.4, -0.2) is 121 Å². The summed E-state index contributed by atoms with van der Waals surface area (Å²) in [5.41, 5.74) is 0.895. The average molecular weight is 881 g/mol. The molecule has 0 atom stereocenters. The van der Waals surface area contributed by atoms with Crippen LogP contribution in [0.4, 0.5) is 11.4 Å². The molecule has 0 radical (unpaired) electrons. The molecule has 18 heteroatoms. The van der Waals surface area contributed by atoms with Gasteiger partial charge in [-0.3, -0.25) is 0 Å². The van der Waals surface area contributed by atoms with Crippen LogP contribution in [0.5, 0.6) is 0 Å². The van der Waals surface area contributed by atoms with Crippen molar-refractivity contribution in [1.82, 2.24) is 0 Å². The van der Waals surface area contributed by atoms with E-state index in [2.05, 4.69) is 25.7 Å². The number of hydrogen-bond acceptors (Lipinski definition) is 12. The maximum Gasteiger partial charge on any atom is 0.494 e. The zero-order valence-electron chi connectivity index (χ0n) is 35.2. The predicted molar refractivity (Wildman–Crippen MR) is 230 cm³/mol.